The summed E-state index contributed by atoms with van der Waals surface area (Å²) in [4.78, 5) is 0. The van der Waals surface area contributed by atoms with Crippen LogP contribution < -0.4 is 10.1 Å². The van der Waals surface area contributed by atoms with Crippen molar-refractivity contribution in [3.05, 3.63) is 51.2 Å². The van der Waals surface area contributed by atoms with Gasteiger partial charge >= 0.3 is 0 Å². The van der Waals surface area contributed by atoms with E-state index < -0.39 is 5.82 Å². The highest BCUT2D eigenvalue weighted by Gasteiger charge is 2.13. The Labute approximate surface area is 137 Å². The molecule has 0 atom stereocenters. The minimum atomic E-state index is -0.425. The maximum Gasteiger partial charge on any atom is 0.150 e. The number of halogens is 3. The van der Waals surface area contributed by atoms with Gasteiger partial charge in [0.15, 0.2) is 5.82 Å². The van der Waals surface area contributed by atoms with E-state index in [4.69, 9.17) is 16.3 Å². The van der Waals surface area contributed by atoms with Crippen molar-refractivity contribution in [2.45, 2.75) is 13.5 Å². The Morgan fingerprint density at radius 3 is 2.71 bits per heavy atom. The van der Waals surface area contributed by atoms with E-state index in [1.165, 1.54) is 0 Å². The van der Waals surface area contributed by atoms with Crippen molar-refractivity contribution in [2.24, 2.45) is 0 Å². The number of methoxy groups -OCH3 is 1. The van der Waals surface area contributed by atoms with E-state index in [9.17, 15) is 4.39 Å². The summed E-state index contributed by atoms with van der Waals surface area (Å²) in [6.07, 6.45) is 0. The van der Waals surface area contributed by atoms with Gasteiger partial charge in [-0.3, -0.25) is 0 Å². The molecule has 0 saturated heterocycles. The monoisotopic (exact) mass is 371 g/mol. The Morgan fingerprint density at radius 1 is 1.29 bits per heavy atom. The molecule has 0 unspecified atom stereocenters. The molecular formula is C16H16BrClFNO. The molecule has 0 radical (unpaired) electrons. The van der Waals surface area contributed by atoms with Crippen LogP contribution in [0.3, 0.4) is 0 Å². The average Bonchev–Trinajstić information content (AvgIpc) is 2.50. The fourth-order valence-electron chi connectivity index (χ4n) is 2.09. The van der Waals surface area contributed by atoms with E-state index >= 15 is 0 Å². The number of hydrogen-bond donors (Lipinski definition) is 1. The molecule has 0 aliphatic rings. The molecule has 5 heteroatoms. The Hall–Kier alpha value is -1.10. The SMILES string of the molecule is CCNCc1cc(-c2ccc(Br)c(Cl)c2F)ccc1OC. The number of rotatable bonds is 5. The van der Waals surface area contributed by atoms with Crippen LogP contribution in [-0.2, 0) is 6.54 Å². The van der Waals surface area contributed by atoms with Crippen molar-refractivity contribution >= 4 is 27.5 Å². The van der Waals surface area contributed by atoms with Gasteiger partial charge in [0.05, 0.1) is 12.1 Å². The van der Waals surface area contributed by atoms with Gasteiger partial charge in [-0.2, -0.15) is 0 Å². The molecule has 2 aromatic carbocycles. The largest absolute Gasteiger partial charge is 0.496 e. The summed E-state index contributed by atoms with van der Waals surface area (Å²) in [5.74, 6) is 0.355. The predicted octanol–water partition coefficient (Wildman–Crippen LogP) is 5.03. The molecule has 2 aromatic rings. The molecular weight excluding hydrogens is 357 g/mol. The zero-order valence-corrected chi connectivity index (χ0v) is 14.2. The van der Waals surface area contributed by atoms with Crippen LogP contribution in [0.5, 0.6) is 5.75 Å². The van der Waals surface area contributed by atoms with Gasteiger partial charge < -0.3 is 10.1 Å². The van der Waals surface area contributed by atoms with E-state index in [-0.39, 0.29) is 5.02 Å². The van der Waals surface area contributed by atoms with E-state index in [1.54, 1.807) is 19.2 Å². The lowest BCUT2D eigenvalue weighted by Crippen LogP contribution is -2.12. The third kappa shape index (κ3) is 3.57. The average molecular weight is 373 g/mol. The first kappa shape index (κ1) is 16.3. The van der Waals surface area contributed by atoms with Crippen LogP contribution >= 0.6 is 27.5 Å². The second-order valence-corrected chi connectivity index (χ2v) is 5.76. The van der Waals surface area contributed by atoms with Crippen molar-refractivity contribution in [3.63, 3.8) is 0 Å². The molecule has 2 rings (SSSR count). The third-order valence-corrected chi connectivity index (χ3v) is 4.45. The Bertz CT molecular complexity index is 648. The van der Waals surface area contributed by atoms with Crippen LogP contribution in [0, 0.1) is 5.82 Å². The summed E-state index contributed by atoms with van der Waals surface area (Å²) in [7, 11) is 1.63. The molecule has 0 spiro atoms. The van der Waals surface area contributed by atoms with E-state index in [1.807, 2.05) is 25.1 Å². The smallest absolute Gasteiger partial charge is 0.150 e. The van der Waals surface area contributed by atoms with Crippen molar-refractivity contribution in [3.8, 4) is 16.9 Å². The summed E-state index contributed by atoms with van der Waals surface area (Å²) in [6, 6.07) is 9.05. The van der Waals surface area contributed by atoms with Crippen molar-refractivity contribution in [1.82, 2.24) is 5.32 Å². The summed E-state index contributed by atoms with van der Waals surface area (Å²) < 4.78 is 20.2. The van der Waals surface area contributed by atoms with Crippen molar-refractivity contribution < 1.29 is 9.13 Å². The Morgan fingerprint density at radius 2 is 2.05 bits per heavy atom. The molecule has 0 amide bonds. The molecule has 112 valence electrons. The highest BCUT2D eigenvalue weighted by Crippen LogP contribution is 2.34. The van der Waals surface area contributed by atoms with E-state index in [2.05, 4.69) is 21.2 Å². The standard InChI is InChI=1S/C16H16BrClFNO/c1-3-20-9-11-8-10(4-7-14(11)21-2)12-5-6-13(17)15(18)16(12)19/h4-8,20H,3,9H2,1-2H3. The highest BCUT2D eigenvalue weighted by molar-refractivity contribution is 9.10. The first-order valence-corrected chi connectivity index (χ1v) is 7.77. The Kier molecular flexibility index (Phi) is 5.62. The number of benzene rings is 2. The molecule has 0 aromatic heterocycles. The molecule has 0 heterocycles. The third-order valence-electron chi connectivity index (χ3n) is 3.19. The van der Waals surface area contributed by atoms with Gasteiger partial charge in [0, 0.05) is 22.1 Å². The van der Waals surface area contributed by atoms with Crippen molar-refractivity contribution in [1.29, 1.82) is 0 Å². The molecule has 0 aliphatic carbocycles. The zero-order chi connectivity index (χ0) is 15.4. The van der Waals surface area contributed by atoms with E-state index in [0.29, 0.717) is 16.6 Å². The second-order valence-electron chi connectivity index (χ2n) is 4.53. The second kappa shape index (κ2) is 7.25. The number of hydrogen-bond acceptors (Lipinski definition) is 2. The van der Waals surface area contributed by atoms with Gasteiger partial charge in [0.2, 0.25) is 0 Å². The lowest BCUT2D eigenvalue weighted by molar-refractivity contribution is 0.408. The fraction of sp³-hybridized carbons (Fsp3) is 0.250. The van der Waals surface area contributed by atoms with Crippen LogP contribution in [0.2, 0.25) is 5.02 Å². The molecule has 0 fully saturated rings. The summed E-state index contributed by atoms with van der Waals surface area (Å²) >= 11 is 9.18. The van der Waals surface area contributed by atoms with Gasteiger partial charge in [0.25, 0.3) is 0 Å². The number of ether oxygens (including phenoxy) is 1. The number of nitrogens with one attached hydrogen (secondary N) is 1. The summed E-state index contributed by atoms with van der Waals surface area (Å²) in [5.41, 5.74) is 2.23. The quantitative estimate of drug-likeness (QED) is 0.744. The van der Waals surface area contributed by atoms with Crippen LogP contribution in [-0.4, -0.2) is 13.7 Å². The van der Waals surface area contributed by atoms with Gasteiger partial charge in [-0.05, 0) is 46.2 Å². The molecule has 1 N–H and O–H groups in total. The minimum Gasteiger partial charge on any atom is -0.496 e. The summed E-state index contributed by atoms with van der Waals surface area (Å²) in [5, 5.41) is 3.34. The molecule has 0 aliphatic heterocycles. The molecule has 21 heavy (non-hydrogen) atoms. The van der Waals surface area contributed by atoms with E-state index in [0.717, 1.165) is 23.4 Å². The summed E-state index contributed by atoms with van der Waals surface area (Å²) in [6.45, 7) is 3.55. The minimum absolute atomic E-state index is 0.0940. The van der Waals surface area contributed by atoms with Crippen LogP contribution in [0.1, 0.15) is 12.5 Å². The predicted molar refractivity (Wildman–Crippen MR) is 88.5 cm³/mol. The van der Waals surface area contributed by atoms with Gasteiger partial charge in [-0.25, -0.2) is 4.39 Å². The zero-order valence-electron chi connectivity index (χ0n) is 11.8. The fourth-order valence-corrected chi connectivity index (χ4v) is 2.56. The lowest BCUT2D eigenvalue weighted by Gasteiger charge is -2.12. The van der Waals surface area contributed by atoms with Crippen LogP contribution in [0.15, 0.2) is 34.8 Å². The Balaban J connectivity index is 2.47. The topological polar surface area (TPSA) is 21.3 Å². The van der Waals surface area contributed by atoms with Crippen molar-refractivity contribution in [2.75, 3.05) is 13.7 Å². The van der Waals surface area contributed by atoms with Gasteiger partial charge in [0.1, 0.15) is 5.75 Å². The molecule has 0 saturated carbocycles. The van der Waals surface area contributed by atoms with Gasteiger partial charge in [-0.1, -0.05) is 30.7 Å². The maximum absolute atomic E-state index is 14.3. The molecule has 2 nitrogen and oxygen atoms in total. The highest BCUT2D eigenvalue weighted by atomic mass is 79.9. The first-order chi connectivity index (χ1) is 10.1. The normalized spacial score (nSPS) is 10.7. The molecule has 0 bridgehead atoms. The van der Waals surface area contributed by atoms with Crippen LogP contribution in [0.25, 0.3) is 11.1 Å². The maximum atomic E-state index is 14.3. The van der Waals surface area contributed by atoms with Crippen LogP contribution in [0.4, 0.5) is 4.39 Å². The lowest BCUT2D eigenvalue weighted by atomic mass is 10.0. The van der Waals surface area contributed by atoms with Gasteiger partial charge in [-0.15, -0.1) is 0 Å². The first-order valence-electron chi connectivity index (χ1n) is 6.60.